The van der Waals surface area contributed by atoms with E-state index in [-0.39, 0.29) is 0 Å². The molecule has 2 heteroatoms. The molecule has 1 aromatic carbocycles. The fourth-order valence-electron chi connectivity index (χ4n) is 4.84. The van der Waals surface area contributed by atoms with Crippen molar-refractivity contribution in [3.05, 3.63) is 46.8 Å². The van der Waals surface area contributed by atoms with E-state index in [9.17, 15) is 0 Å². The first-order valence-corrected chi connectivity index (χ1v) is 16.1. The predicted molar refractivity (Wildman–Crippen MR) is 122 cm³/mol. The van der Waals surface area contributed by atoms with Crippen LogP contribution in [0.3, 0.4) is 0 Å². The molecule has 0 N–H and O–H groups in total. The fraction of sp³-hybridized carbons (Fsp3) is 0.652. The molecule has 0 heterocycles. The van der Waals surface area contributed by atoms with Crippen LogP contribution < -0.4 is 0 Å². The Bertz CT molecular complexity index is 458. The highest BCUT2D eigenvalue weighted by atomic mass is 28.4. The van der Waals surface area contributed by atoms with Crippen LogP contribution in [0, 0.1) is 0 Å². The zero-order chi connectivity index (χ0) is 18.8. The molecule has 0 aromatic heterocycles. The molecule has 1 rings (SSSR count). The molecule has 0 aliphatic heterocycles. The maximum atomic E-state index is 2.79. The number of benzene rings is 1. The summed E-state index contributed by atoms with van der Waals surface area (Å²) >= 11 is 0. The summed E-state index contributed by atoms with van der Waals surface area (Å²) in [5.41, 5.74) is 1.49. The Labute approximate surface area is 160 Å². The van der Waals surface area contributed by atoms with Crippen molar-refractivity contribution in [3.63, 3.8) is 0 Å². The molecule has 0 atom stereocenters. The largest absolute Gasteiger partial charge is 0.0934 e. The van der Waals surface area contributed by atoms with Crippen LogP contribution in [-0.2, 0) is 6.42 Å². The molecule has 0 saturated carbocycles. The molecule has 0 unspecified atom stereocenters. The lowest BCUT2D eigenvalue weighted by Crippen LogP contribution is -2.49. The molecule has 0 aliphatic rings. The van der Waals surface area contributed by atoms with Crippen molar-refractivity contribution in [2.75, 3.05) is 0 Å². The van der Waals surface area contributed by atoms with Crippen molar-refractivity contribution < 1.29 is 0 Å². The van der Waals surface area contributed by atoms with Gasteiger partial charge in [-0.05, 0) is 24.8 Å². The molecule has 1 aromatic rings. The van der Waals surface area contributed by atoms with Gasteiger partial charge in [0.2, 0.25) is 0 Å². The van der Waals surface area contributed by atoms with Crippen LogP contribution in [0.5, 0.6) is 0 Å². The molecule has 0 amide bonds. The summed E-state index contributed by atoms with van der Waals surface area (Å²) in [4.78, 5) is 2.06. The number of hydrogen-bond donors (Lipinski definition) is 0. The van der Waals surface area contributed by atoms with Gasteiger partial charge in [0.1, 0.15) is 0 Å². The first-order chi connectivity index (χ1) is 12.1. The first-order valence-electron chi connectivity index (χ1n) is 10.8. The van der Waals surface area contributed by atoms with Crippen LogP contribution in [0.25, 0.3) is 0 Å². The van der Waals surface area contributed by atoms with Crippen molar-refractivity contribution in [1.82, 2.24) is 0 Å². The van der Waals surface area contributed by atoms with Gasteiger partial charge in [0.25, 0.3) is 0 Å². The van der Waals surface area contributed by atoms with E-state index in [2.05, 4.69) is 82.8 Å². The van der Waals surface area contributed by atoms with Crippen molar-refractivity contribution >= 4 is 16.1 Å². The summed E-state index contributed by atoms with van der Waals surface area (Å²) in [6.07, 6.45) is 6.60. The Balaban J connectivity index is 3.04. The third-order valence-corrected chi connectivity index (χ3v) is 21.1. The summed E-state index contributed by atoms with van der Waals surface area (Å²) in [7, 11) is -2.50. The van der Waals surface area contributed by atoms with Gasteiger partial charge in [-0.2, -0.15) is 0 Å². The van der Waals surface area contributed by atoms with E-state index in [1.165, 1.54) is 61.1 Å². The smallest absolute Gasteiger partial charge is 0.0761 e. The van der Waals surface area contributed by atoms with Gasteiger partial charge in [0.15, 0.2) is 0 Å². The Morgan fingerprint density at radius 2 is 1.16 bits per heavy atom. The quantitative estimate of drug-likeness (QED) is 0.256. The zero-order valence-electron chi connectivity index (χ0n) is 17.8. The van der Waals surface area contributed by atoms with Crippen molar-refractivity contribution in [2.24, 2.45) is 0 Å². The van der Waals surface area contributed by atoms with Crippen LogP contribution >= 0.6 is 0 Å². The highest BCUT2D eigenvalue weighted by Gasteiger charge is 2.42. The van der Waals surface area contributed by atoms with E-state index in [1.54, 1.807) is 0 Å². The number of aryl methyl sites for hydroxylation is 1. The van der Waals surface area contributed by atoms with Crippen LogP contribution in [0.15, 0.2) is 41.2 Å². The lowest BCUT2D eigenvalue weighted by molar-refractivity contribution is 0.841. The lowest BCUT2D eigenvalue weighted by Gasteiger charge is -2.43. The average Bonchev–Trinajstić information content (AvgIpc) is 2.68. The normalized spacial score (nSPS) is 12.2. The number of unbranched alkanes of at least 4 members (excludes halogenated alkanes) is 1. The monoisotopic (exact) mass is 374 g/mol. The Hall–Kier alpha value is -0.606. The molecular weight excluding hydrogens is 332 g/mol. The number of allylic oxidation sites excluding steroid dienone is 1. The summed E-state index contributed by atoms with van der Waals surface area (Å²) < 4.78 is 0. The zero-order valence-corrected chi connectivity index (χ0v) is 19.8. The van der Waals surface area contributed by atoms with Gasteiger partial charge >= 0.3 is 0 Å². The van der Waals surface area contributed by atoms with E-state index in [0.717, 1.165) is 0 Å². The van der Waals surface area contributed by atoms with Gasteiger partial charge in [0, 0.05) is 0 Å². The van der Waals surface area contributed by atoms with E-state index in [0.29, 0.717) is 0 Å². The molecule has 142 valence electrons. The molecule has 0 nitrogen and oxygen atoms in total. The highest BCUT2D eigenvalue weighted by Crippen LogP contribution is 2.40. The first kappa shape index (κ1) is 22.4. The summed E-state index contributed by atoms with van der Waals surface area (Å²) in [6.45, 7) is 14.9. The van der Waals surface area contributed by atoms with E-state index in [4.69, 9.17) is 0 Å². The fourth-order valence-corrected chi connectivity index (χ4v) is 19.0. The lowest BCUT2D eigenvalue weighted by atomic mass is 10.1. The molecule has 25 heavy (non-hydrogen) atoms. The molecule has 0 aliphatic carbocycles. The standard InChI is InChI=1S/C23H42Si2/c1-7-24(8-2,9-3)23(25(10-4,11-5)12-6)21-17-16-20-22-18-14-13-15-19-22/h13-15,18-19,21H,7-12,16-17,20H2,1-6H3. The van der Waals surface area contributed by atoms with Gasteiger partial charge in [-0.15, -0.1) is 0 Å². The van der Waals surface area contributed by atoms with Gasteiger partial charge in [0.05, 0.1) is 16.1 Å². The Morgan fingerprint density at radius 1 is 0.720 bits per heavy atom. The van der Waals surface area contributed by atoms with E-state index < -0.39 is 16.1 Å². The van der Waals surface area contributed by atoms with E-state index >= 15 is 0 Å². The number of rotatable bonds is 12. The van der Waals surface area contributed by atoms with Gasteiger partial charge in [-0.25, -0.2) is 0 Å². The topological polar surface area (TPSA) is 0 Å². The minimum atomic E-state index is -1.25. The minimum Gasteiger partial charge on any atom is -0.0934 e. The summed E-state index contributed by atoms with van der Waals surface area (Å²) in [5.74, 6) is 0. The third kappa shape index (κ3) is 5.43. The second-order valence-electron chi connectivity index (χ2n) is 7.68. The molecule has 0 radical (unpaired) electrons. The second-order valence-corrected chi connectivity index (χ2v) is 18.6. The van der Waals surface area contributed by atoms with Crippen molar-refractivity contribution in [2.45, 2.75) is 97.1 Å². The predicted octanol–water partition coefficient (Wildman–Crippen LogP) is 8.03. The Morgan fingerprint density at radius 3 is 1.56 bits per heavy atom. The molecule has 0 fully saturated rings. The van der Waals surface area contributed by atoms with Crippen molar-refractivity contribution in [1.29, 1.82) is 0 Å². The van der Waals surface area contributed by atoms with Gasteiger partial charge in [-0.3, -0.25) is 0 Å². The SMILES string of the molecule is CC[Si](CC)(CC)C(=CCCCc1ccccc1)[Si](CC)(CC)CC. The maximum absolute atomic E-state index is 2.79. The van der Waals surface area contributed by atoms with Crippen LogP contribution in [0.2, 0.25) is 36.3 Å². The third-order valence-electron chi connectivity index (χ3n) is 7.06. The highest BCUT2D eigenvalue weighted by molar-refractivity contribution is 7.07. The van der Waals surface area contributed by atoms with Crippen molar-refractivity contribution in [3.8, 4) is 0 Å². The van der Waals surface area contributed by atoms with Crippen LogP contribution in [0.4, 0.5) is 0 Å². The second kappa shape index (κ2) is 11.2. The average molecular weight is 375 g/mol. The van der Waals surface area contributed by atoms with Crippen LogP contribution in [0.1, 0.15) is 59.9 Å². The van der Waals surface area contributed by atoms with Gasteiger partial charge < -0.3 is 0 Å². The summed E-state index contributed by atoms with van der Waals surface area (Å²) in [5, 5.41) is 0. The van der Waals surface area contributed by atoms with Crippen LogP contribution in [-0.4, -0.2) is 16.1 Å². The molecule has 0 saturated heterocycles. The maximum Gasteiger partial charge on any atom is 0.0761 e. The summed E-state index contributed by atoms with van der Waals surface area (Å²) in [6, 6.07) is 19.7. The van der Waals surface area contributed by atoms with E-state index in [1.807, 2.05) is 0 Å². The molecule has 0 bridgehead atoms. The number of hydrogen-bond acceptors (Lipinski definition) is 0. The van der Waals surface area contributed by atoms with Gasteiger partial charge in [-0.1, -0.05) is 119 Å². The Kier molecular flexibility index (Phi) is 10.0. The molecule has 0 spiro atoms. The molecular formula is C23H42Si2. The minimum absolute atomic E-state index is 1.22.